The van der Waals surface area contributed by atoms with E-state index < -0.39 is 35.8 Å². The van der Waals surface area contributed by atoms with E-state index in [4.69, 9.17) is 0 Å². The summed E-state index contributed by atoms with van der Waals surface area (Å²) in [5.41, 5.74) is 0.329. The first-order valence-electron chi connectivity index (χ1n) is 7.68. The predicted molar refractivity (Wildman–Crippen MR) is 84.3 cm³/mol. The fraction of sp³-hybridized carbons (Fsp3) is 0.438. The lowest BCUT2D eigenvalue weighted by molar-refractivity contribution is -0.303. The summed E-state index contributed by atoms with van der Waals surface area (Å²) in [7, 11) is 0. The Bertz CT molecular complexity index is 678. The molecule has 2 unspecified atom stereocenters. The van der Waals surface area contributed by atoms with Gasteiger partial charge in [-0.2, -0.15) is 0 Å². The Morgan fingerprint density at radius 3 is 2.80 bits per heavy atom. The van der Waals surface area contributed by atoms with Gasteiger partial charge >= 0.3 is 6.36 Å². The minimum Gasteiger partial charge on any atom is -0.406 e. The second-order valence-corrected chi connectivity index (χ2v) is 5.54. The van der Waals surface area contributed by atoms with E-state index in [-0.39, 0.29) is 0 Å². The van der Waals surface area contributed by atoms with Crippen LogP contribution in [0, 0.1) is 5.92 Å². The van der Waals surface area contributed by atoms with Crippen molar-refractivity contribution in [3.63, 3.8) is 0 Å². The minimum atomic E-state index is -4.86. The van der Waals surface area contributed by atoms with Crippen LogP contribution in [0.5, 0.6) is 0 Å². The maximum absolute atomic E-state index is 12.3. The maximum Gasteiger partial charge on any atom is 0.573 e. The lowest BCUT2D eigenvalue weighted by Gasteiger charge is -2.26. The van der Waals surface area contributed by atoms with Crippen molar-refractivity contribution in [3.8, 4) is 0 Å². The molecule has 2 atom stereocenters. The first-order chi connectivity index (χ1) is 11.7. The number of ketones is 1. The summed E-state index contributed by atoms with van der Waals surface area (Å²) < 4.78 is 40.4. The average Bonchev–Trinajstić information content (AvgIpc) is 2.51. The van der Waals surface area contributed by atoms with Gasteiger partial charge in [0.1, 0.15) is 11.5 Å². The number of alkyl halides is 3. The van der Waals surface area contributed by atoms with Crippen molar-refractivity contribution in [2.45, 2.75) is 32.7 Å². The molecule has 25 heavy (non-hydrogen) atoms. The van der Waals surface area contributed by atoms with Crippen molar-refractivity contribution in [1.82, 2.24) is 10.6 Å². The highest BCUT2D eigenvalue weighted by atomic mass is 19.4. The van der Waals surface area contributed by atoms with Gasteiger partial charge in [-0.25, -0.2) is 0 Å². The second kappa shape index (κ2) is 7.54. The van der Waals surface area contributed by atoms with Crippen LogP contribution in [-0.4, -0.2) is 36.5 Å². The third-order valence-corrected chi connectivity index (χ3v) is 3.69. The maximum atomic E-state index is 12.3. The largest absolute Gasteiger partial charge is 0.573 e. The van der Waals surface area contributed by atoms with E-state index in [1.54, 1.807) is 19.9 Å². The Morgan fingerprint density at radius 2 is 2.24 bits per heavy atom. The zero-order valence-corrected chi connectivity index (χ0v) is 13.7. The zero-order chi connectivity index (χ0) is 18.6. The molecule has 1 amide bonds. The Kier molecular flexibility index (Phi) is 5.66. The Balaban J connectivity index is 2.02. The molecule has 136 valence electrons. The van der Waals surface area contributed by atoms with Gasteiger partial charge in [-0.1, -0.05) is 13.0 Å². The summed E-state index contributed by atoms with van der Waals surface area (Å²) >= 11 is 0. The van der Waals surface area contributed by atoms with Gasteiger partial charge in [0, 0.05) is 12.1 Å². The first-order valence-corrected chi connectivity index (χ1v) is 7.68. The molecular weight excluding hydrogens is 339 g/mol. The molecule has 0 aromatic rings. The van der Waals surface area contributed by atoms with Gasteiger partial charge in [-0.05, 0) is 25.5 Å². The quantitative estimate of drug-likeness (QED) is 0.788. The van der Waals surface area contributed by atoms with E-state index in [2.05, 4.69) is 20.4 Å². The average molecular weight is 357 g/mol. The number of halogens is 3. The van der Waals surface area contributed by atoms with E-state index in [1.165, 1.54) is 6.08 Å². The summed E-state index contributed by atoms with van der Waals surface area (Å²) in [5, 5.41) is 5.56. The SMILES string of the molecule is CCC(NC(=O)C1=CCN=C(C)N1)C1C=CC(OC(F)(F)F)=CC1=O. The van der Waals surface area contributed by atoms with E-state index in [0.717, 1.165) is 12.2 Å². The van der Waals surface area contributed by atoms with Gasteiger partial charge in [-0.3, -0.25) is 14.6 Å². The first kappa shape index (κ1) is 18.8. The standard InChI is InChI=1S/C16H18F3N3O3/c1-3-12(22-15(24)13-6-7-20-9(2)21-13)11-5-4-10(8-14(11)23)25-16(17,18)19/h4-6,8,11-12H,3,7H2,1-2H3,(H,20,21)(H,22,24). The smallest absolute Gasteiger partial charge is 0.406 e. The van der Waals surface area contributed by atoms with Gasteiger partial charge in [0.25, 0.3) is 5.91 Å². The Hall–Kier alpha value is -2.58. The van der Waals surface area contributed by atoms with Crippen LogP contribution in [0.2, 0.25) is 0 Å². The topological polar surface area (TPSA) is 79.8 Å². The highest BCUT2D eigenvalue weighted by Crippen LogP contribution is 2.26. The molecule has 1 aliphatic heterocycles. The molecule has 0 fully saturated rings. The molecule has 1 heterocycles. The molecule has 0 spiro atoms. The number of amides is 1. The van der Waals surface area contributed by atoms with E-state index in [0.29, 0.717) is 24.5 Å². The van der Waals surface area contributed by atoms with Crippen LogP contribution in [0.1, 0.15) is 20.3 Å². The summed E-state index contributed by atoms with van der Waals surface area (Å²) in [6.07, 6.45) is 0.373. The molecule has 6 nitrogen and oxygen atoms in total. The molecule has 2 rings (SSSR count). The highest BCUT2D eigenvalue weighted by Gasteiger charge is 2.34. The van der Waals surface area contributed by atoms with Crippen LogP contribution >= 0.6 is 0 Å². The van der Waals surface area contributed by atoms with Crippen molar-refractivity contribution < 1.29 is 27.5 Å². The number of nitrogens with zero attached hydrogens (tertiary/aromatic N) is 1. The van der Waals surface area contributed by atoms with Gasteiger partial charge in [0.2, 0.25) is 0 Å². The summed E-state index contributed by atoms with van der Waals surface area (Å²) in [6.45, 7) is 3.87. The van der Waals surface area contributed by atoms with Crippen molar-refractivity contribution in [2.24, 2.45) is 10.9 Å². The summed E-state index contributed by atoms with van der Waals surface area (Å²) in [5.74, 6) is -1.68. The fourth-order valence-corrected chi connectivity index (χ4v) is 2.51. The number of carbonyl (C=O) groups is 2. The van der Waals surface area contributed by atoms with Crippen LogP contribution < -0.4 is 10.6 Å². The summed E-state index contributed by atoms with van der Waals surface area (Å²) in [6, 6.07) is -0.554. The zero-order valence-electron chi connectivity index (χ0n) is 13.7. The number of nitrogens with one attached hydrogen (secondary N) is 2. The monoisotopic (exact) mass is 357 g/mol. The normalized spacial score (nSPS) is 21.6. The third-order valence-electron chi connectivity index (χ3n) is 3.69. The highest BCUT2D eigenvalue weighted by molar-refractivity contribution is 6.00. The summed E-state index contributed by atoms with van der Waals surface area (Å²) in [4.78, 5) is 28.5. The molecular formula is C16H18F3N3O3. The molecule has 0 saturated carbocycles. The number of rotatable bonds is 5. The number of hydrogen-bond acceptors (Lipinski definition) is 5. The molecule has 0 aromatic heterocycles. The van der Waals surface area contributed by atoms with Crippen LogP contribution in [0.3, 0.4) is 0 Å². The molecule has 2 aliphatic rings. The number of allylic oxidation sites excluding steroid dienone is 2. The number of hydrogen-bond donors (Lipinski definition) is 2. The predicted octanol–water partition coefficient (Wildman–Crippen LogP) is 1.96. The second-order valence-electron chi connectivity index (χ2n) is 5.54. The van der Waals surface area contributed by atoms with Gasteiger partial charge in [0.15, 0.2) is 5.78 Å². The number of aliphatic imine (C=N–C) groups is 1. The Morgan fingerprint density at radius 1 is 1.52 bits per heavy atom. The lowest BCUT2D eigenvalue weighted by Crippen LogP contribution is -2.45. The number of ether oxygens (including phenoxy) is 1. The van der Waals surface area contributed by atoms with Crippen molar-refractivity contribution in [2.75, 3.05) is 6.54 Å². The van der Waals surface area contributed by atoms with Gasteiger partial charge in [-0.15, -0.1) is 13.2 Å². The number of carbonyl (C=O) groups excluding carboxylic acids is 2. The molecule has 1 aliphatic carbocycles. The molecule has 9 heteroatoms. The van der Waals surface area contributed by atoms with Gasteiger partial charge in [0.05, 0.1) is 18.3 Å². The molecule has 0 saturated heterocycles. The molecule has 0 bridgehead atoms. The fourth-order valence-electron chi connectivity index (χ4n) is 2.51. The molecule has 0 aromatic carbocycles. The van der Waals surface area contributed by atoms with Crippen molar-refractivity contribution in [3.05, 3.63) is 35.8 Å². The lowest BCUT2D eigenvalue weighted by atomic mass is 9.89. The van der Waals surface area contributed by atoms with Crippen LogP contribution in [0.15, 0.2) is 40.8 Å². The molecule has 2 N–H and O–H groups in total. The minimum absolute atomic E-state index is 0.329. The Labute approximate surface area is 142 Å². The van der Waals surface area contributed by atoms with E-state index >= 15 is 0 Å². The van der Waals surface area contributed by atoms with Crippen LogP contribution in [0.4, 0.5) is 13.2 Å². The van der Waals surface area contributed by atoms with Crippen LogP contribution in [0.25, 0.3) is 0 Å². The van der Waals surface area contributed by atoms with Crippen molar-refractivity contribution in [1.29, 1.82) is 0 Å². The van der Waals surface area contributed by atoms with Crippen LogP contribution in [-0.2, 0) is 14.3 Å². The third kappa shape index (κ3) is 5.20. The van der Waals surface area contributed by atoms with E-state index in [1.807, 2.05) is 0 Å². The van der Waals surface area contributed by atoms with Gasteiger partial charge < -0.3 is 15.4 Å². The van der Waals surface area contributed by atoms with E-state index in [9.17, 15) is 22.8 Å². The molecule has 0 radical (unpaired) electrons. The number of amidine groups is 1. The van der Waals surface area contributed by atoms with Crippen molar-refractivity contribution >= 4 is 17.5 Å².